The Morgan fingerprint density at radius 2 is 1.88 bits per heavy atom. The molecular weight excluding hydrogens is 346 g/mol. The molecule has 0 aromatic carbocycles. The quantitative estimate of drug-likeness (QED) is 0.709. The van der Waals surface area contributed by atoms with Gasteiger partial charge in [-0.1, -0.05) is 26.7 Å². The van der Waals surface area contributed by atoms with E-state index in [4.69, 9.17) is 5.73 Å². The fourth-order valence-corrected chi connectivity index (χ4v) is 3.92. The number of hydrogen-bond acceptors (Lipinski definition) is 6. The Balaban J connectivity index is 0.000000948. The van der Waals surface area contributed by atoms with Crippen molar-refractivity contribution in [2.75, 3.05) is 11.1 Å². The fraction of sp³-hybridized carbons (Fsp3) is 0.368. The minimum Gasteiger partial charge on any atom is -0.382 e. The first kappa shape index (κ1) is 18.3. The molecule has 3 aromatic heterocycles. The number of thiophene rings is 1. The van der Waals surface area contributed by atoms with Crippen molar-refractivity contribution in [2.24, 2.45) is 5.92 Å². The second-order valence-electron chi connectivity index (χ2n) is 5.97. The number of nitrogens with two attached hydrogens (primary N) is 1. The van der Waals surface area contributed by atoms with Gasteiger partial charge in [-0.05, 0) is 25.0 Å². The van der Waals surface area contributed by atoms with Crippen LogP contribution in [0.1, 0.15) is 39.5 Å². The standard InChI is InChI=1S/C17H17N5OS.C2H6/c18-15-14-13(21-16(22-15)10-5-7-19-8-6-10)12(9-24-14)20-17(23)11-3-1-2-4-11;1-2/h5-9,11H,1-4H2,(H,20,23)(H2,18,21,22);1-2H3. The highest BCUT2D eigenvalue weighted by molar-refractivity contribution is 7.18. The topological polar surface area (TPSA) is 93.8 Å². The van der Waals surface area contributed by atoms with Crippen LogP contribution < -0.4 is 11.1 Å². The van der Waals surface area contributed by atoms with Crippen molar-refractivity contribution in [1.82, 2.24) is 15.0 Å². The number of anilines is 2. The van der Waals surface area contributed by atoms with E-state index in [0.717, 1.165) is 41.6 Å². The Hall–Kier alpha value is -2.54. The number of carbonyl (C=O) groups excluding carboxylic acids is 1. The maximum absolute atomic E-state index is 12.4. The maximum Gasteiger partial charge on any atom is 0.227 e. The average Bonchev–Trinajstić information content (AvgIpc) is 3.35. The van der Waals surface area contributed by atoms with Crippen molar-refractivity contribution >= 4 is 39.0 Å². The fourth-order valence-electron chi connectivity index (χ4n) is 3.08. The lowest BCUT2D eigenvalue weighted by Gasteiger charge is -2.09. The predicted molar refractivity (Wildman–Crippen MR) is 107 cm³/mol. The van der Waals surface area contributed by atoms with Crippen molar-refractivity contribution in [2.45, 2.75) is 39.5 Å². The number of amides is 1. The Labute approximate surface area is 156 Å². The van der Waals surface area contributed by atoms with E-state index in [9.17, 15) is 4.79 Å². The zero-order valence-electron chi connectivity index (χ0n) is 15.0. The second-order valence-corrected chi connectivity index (χ2v) is 6.85. The Kier molecular flexibility index (Phi) is 5.78. The minimum absolute atomic E-state index is 0.0786. The van der Waals surface area contributed by atoms with Crippen molar-refractivity contribution < 1.29 is 4.79 Å². The van der Waals surface area contributed by atoms with E-state index >= 15 is 0 Å². The molecule has 1 aliphatic carbocycles. The monoisotopic (exact) mass is 369 g/mol. The summed E-state index contributed by atoms with van der Waals surface area (Å²) in [5.41, 5.74) is 8.36. The van der Waals surface area contributed by atoms with E-state index in [-0.39, 0.29) is 11.8 Å². The first-order valence-corrected chi connectivity index (χ1v) is 9.86. The Morgan fingerprint density at radius 1 is 1.19 bits per heavy atom. The highest BCUT2D eigenvalue weighted by Gasteiger charge is 2.24. The third-order valence-corrected chi connectivity index (χ3v) is 5.36. The summed E-state index contributed by atoms with van der Waals surface area (Å²) in [6, 6.07) is 3.67. The molecule has 26 heavy (non-hydrogen) atoms. The zero-order chi connectivity index (χ0) is 18.5. The first-order chi connectivity index (χ1) is 12.7. The van der Waals surface area contributed by atoms with Gasteiger partial charge in [-0.25, -0.2) is 9.97 Å². The lowest BCUT2D eigenvalue weighted by Crippen LogP contribution is -2.20. The third-order valence-electron chi connectivity index (χ3n) is 4.36. The number of carbonyl (C=O) groups is 1. The molecule has 0 aliphatic heterocycles. The van der Waals surface area contributed by atoms with Gasteiger partial charge in [0.05, 0.1) is 10.4 Å². The number of nitrogens with one attached hydrogen (secondary N) is 1. The molecule has 0 atom stereocenters. The molecule has 0 unspecified atom stereocenters. The van der Waals surface area contributed by atoms with Gasteiger partial charge in [0, 0.05) is 29.3 Å². The van der Waals surface area contributed by atoms with Gasteiger partial charge in [-0.2, -0.15) is 0 Å². The van der Waals surface area contributed by atoms with Crippen LogP contribution >= 0.6 is 11.3 Å². The summed E-state index contributed by atoms with van der Waals surface area (Å²) >= 11 is 1.45. The molecule has 1 saturated carbocycles. The summed E-state index contributed by atoms with van der Waals surface area (Å²) in [6.45, 7) is 4.00. The highest BCUT2D eigenvalue weighted by atomic mass is 32.1. The van der Waals surface area contributed by atoms with E-state index in [1.807, 2.05) is 31.4 Å². The van der Waals surface area contributed by atoms with E-state index in [0.29, 0.717) is 17.2 Å². The molecule has 7 heteroatoms. The molecule has 0 saturated heterocycles. The second kappa shape index (κ2) is 8.23. The number of hydrogen-bond donors (Lipinski definition) is 2. The van der Waals surface area contributed by atoms with Crippen LogP contribution in [0, 0.1) is 5.92 Å². The molecule has 1 aliphatic rings. The van der Waals surface area contributed by atoms with Gasteiger partial charge in [-0.15, -0.1) is 11.3 Å². The molecule has 3 heterocycles. The summed E-state index contributed by atoms with van der Waals surface area (Å²) < 4.78 is 0.800. The van der Waals surface area contributed by atoms with Crippen LogP contribution in [0.4, 0.5) is 11.5 Å². The number of aromatic nitrogens is 3. The molecule has 3 aromatic rings. The largest absolute Gasteiger partial charge is 0.382 e. The van der Waals surface area contributed by atoms with Crippen molar-refractivity contribution in [3.63, 3.8) is 0 Å². The molecule has 6 nitrogen and oxygen atoms in total. The minimum atomic E-state index is 0.0786. The number of rotatable bonds is 3. The maximum atomic E-state index is 12.4. The molecule has 0 bridgehead atoms. The van der Waals surface area contributed by atoms with Gasteiger partial charge in [0.25, 0.3) is 0 Å². The molecular formula is C19H23N5OS. The van der Waals surface area contributed by atoms with Gasteiger partial charge in [-0.3, -0.25) is 9.78 Å². The van der Waals surface area contributed by atoms with Crippen LogP contribution in [0.25, 0.3) is 21.6 Å². The van der Waals surface area contributed by atoms with Crippen LogP contribution in [0.2, 0.25) is 0 Å². The molecule has 1 fully saturated rings. The zero-order valence-corrected chi connectivity index (χ0v) is 15.8. The first-order valence-electron chi connectivity index (χ1n) is 8.98. The van der Waals surface area contributed by atoms with Crippen LogP contribution in [0.15, 0.2) is 29.9 Å². The summed E-state index contributed by atoms with van der Waals surface area (Å²) in [5, 5.41) is 4.91. The molecule has 1 amide bonds. The smallest absolute Gasteiger partial charge is 0.227 e. The van der Waals surface area contributed by atoms with Crippen LogP contribution in [-0.2, 0) is 4.79 Å². The highest BCUT2D eigenvalue weighted by Crippen LogP contribution is 2.35. The predicted octanol–water partition coefficient (Wildman–Crippen LogP) is 4.49. The van der Waals surface area contributed by atoms with Crippen molar-refractivity contribution in [1.29, 1.82) is 0 Å². The van der Waals surface area contributed by atoms with Crippen molar-refractivity contribution in [3.05, 3.63) is 29.9 Å². The SMILES string of the molecule is CC.Nc1nc(-c2ccncc2)nc2c(NC(=O)C3CCCC3)csc12. The van der Waals surface area contributed by atoms with Crippen LogP contribution in [0.3, 0.4) is 0 Å². The van der Waals surface area contributed by atoms with E-state index in [2.05, 4.69) is 20.3 Å². The molecule has 0 spiro atoms. The van der Waals surface area contributed by atoms with Crippen LogP contribution in [0.5, 0.6) is 0 Å². The molecule has 3 N–H and O–H groups in total. The number of pyridine rings is 1. The molecule has 4 rings (SSSR count). The number of nitrogens with zero attached hydrogens (tertiary/aromatic N) is 3. The van der Waals surface area contributed by atoms with E-state index < -0.39 is 0 Å². The Bertz CT molecular complexity index is 888. The van der Waals surface area contributed by atoms with Gasteiger partial charge in [0.2, 0.25) is 5.91 Å². The van der Waals surface area contributed by atoms with Gasteiger partial charge < -0.3 is 11.1 Å². The molecule has 136 valence electrons. The van der Waals surface area contributed by atoms with Gasteiger partial charge in [0.15, 0.2) is 5.82 Å². The van der Waals surface area contributed by atoms with Gasteiger partial charge >= 0.3 is 0 Å². The summed E-state index contributed by atoms with van der Waals surface area (Å²) in [5.74, 6) is 1.16. The Morgan fingerprint density at radius 3 is 2.58 bits per heavy atom. The van der Waals surface area contributed by atoms with E-state index in [1.54, 1.807) is 12.4 Å². The van der Waals surface area contributed by atoms with Crippen molar-refractivity contribution in [3.8, 4) is 11.4 Å². The van der Waals surface area contributed by atoms with Crippen LogP contribution in [-0.4, -0.2) is 20.9 Å². The lowest BCUT2D eigenvalue weighted by atomic mass is 10.1. The lowest BCUT2D eigenvalue weighted by molar-refractivity contribution is -0.119. The van der Waals surface area contributed by atoms with E-state index in [1.165, 1.54) is 11.3 Å². The number of fused-ring (bicyclic) bond motifs is 1. The normalized spacial score (nSPS) is 14.1. The molecule has 0 radical (unpaired) electrons. The van der Waals surface area contributed by atoms with Gasteiger partial charge in [0.1, 0.15) is 11.3 Å². The average molecular weight is 369 g/mol. The summed E-state index contributed by atoms with van der Waals surface area (Å²) in [4.78, 5) is 25.4. The summed E-state index contributed by atoms with van der Waals surface area (Å²) in [7, 11) is 0. The number of nitrogen functional groups attached to an aromatic ring is 1. The third kappa shape index (κ3) is 3.67. The summed E-state index contributed by atoms with van der Waals surface area (Å²) in [6.07, 6.45) is 7.57.